The van der Waals surface area contributed by atoms with Crippen LogP contribution in [0.4, 0.5) is 5.82 Å². The number of para-hydroxylation sites is 1. The van der Waals surface area contributed by atoms with Crippen molar-refractivity contribution in [2.75, 3.05) is 11.4 Å². The van der Waals surface area contributed by atoms with Gasteiger partial charge in [-0.3, -0.25) is 9.36 Å². The first-order valence-corrected chi connectivity index (χ1v) is 12.1. The fraction of sp³-hybridized carbons (Fsp3) is 0.115. The van der Waals surface area contributed by atoms with Gasteiger partial charge >= 0.3 is 0 Å². The summed E-state index contributed by atoms with van der Waals surface area (Å²) >= 11 is 6.33. The lowest BCUT2D eigenvalue weighted by Gasteiger charge is -2.24. The standard InChI is InChI=1S/C26H19ClN10O/c1-2-35(25-22-18(13-31-24(22)32-15-33-25)16-11-29-20(10-28)30-12-16)14-21-34-36-9-8-19(27)23(36)26(38)37(21)17-6-4-3-5-7-17/h3-9,11-13,15H,2,14H2,1H3,(H,31,32,33). The molecular weight excluding hydrogens is 504 g/mol. The first-order chi connectivity index (χ1) is 18.6. The fourth-order valence-electron chi connectivity index (χ4n) is 4.47. The topological polar surface area (TPSA) is 134 Å². The summed E-state index contributed by atoms with van der Waals surface area (Å²) in [4.78, 5) is 36.1. The normalized spacial score (nSPS) is 11.2. The summed E-state index contributed by atoms with van der Waals surface area (Å²) in [5.41, 5.74) is 2.86. The molecule has 0 aliphatic carbocycles. The van der Waals surface area contributed by atoms with E-state index in [2.05, 4.69) is 24.9 Å². The summed E-state index contributed by atoms with van der Waals surface area (Å²) < 4.78 is 3.09. The molecule has 6 rings (SSSR count). The van der Waals surface area contributed by atoms with Gasteiger partial charge in [0, 0.05) is 42.5 Å². The molecule has 0 aliphatic heterocycles. The monoisotopic (exact) mass is 522 g/mol. The number of H-pyrrole nitrogens is 1. The number of hydrogen-bond acceptors (Lipinski definition) is 8. The zero-order valence-electron chi connectivity index (χ0n) is 20.1. The number of nitrogens with zero attached hydrogens (tertiary/aromatic N) is 9. The van der Waals surface area contributed by atoms with E-state index in [1.807, 2.05) is 54.4 Å². The van der Waals surface area contributed by atoms with Crippen LogP contribution in [-0.2, 0) is 6.54 Å². The molecule has 186 valence electrons. The van der Waals surface area contributed by atoms with E-state index in [1.165, 1.54) is 10.8 Å². The second-order valence-electron chi connectivity index (χ2n) is 8.39. The molecule has 0 saturated carbocycles. The number of rotatable bonds is 6. The first-order valence-electron chi connectivity index (χ1n) is 11.7. The Labute approximate surface area is 220 Å². The third kappa shape index (κ3) is 3.84. The number of nitriles is 1. The third-order valence-electron chi connectivity index (χ3n) is 6.24. The van der Waals surface area contributed by atoms with Crippen molar-refractivity contribution in [1.82, 2.24) is 39.1 Å². The molecule has 0 aliphatic rings. The first kappa shape index (κ1) is 23.3. The van der Waals surface area contributed by atoms with Crippen molar-refractivity contribution in [2.45, 2.75) is 13.5 Å². The Kier molecular flexibility index (Phi) is 5.78. The highest BCUT2D eigenvalue weighted by Crippen LogP contribution is 2.33. The van der Waals surface area contributed by atoms with Crippen LogP contribution < -0.4 is 10.5 Å². The van der Waals surface area contributed by atoms with Gasteiger partial charge in [0.2, 0.25) is 5.82 Å². The average molecular weight is 523 g/mol. The van der Waals surface area contributed by atoms with Crippen LogP contribution >= 0.6 is 11.6 Å². The van der Waals surface area contributed by atoms with E-state index in [9.17, 15) is 4.79 Å². The second kappa shape index (κ2) is 9.42. The minimum absolute atomic E-state index is 0.0886. The lowest BCUT2D eigenvalue weighted by molar-refractivity contribution is 0.685. The molecule has 6 aromatic rings. The number of aromatic nitrogens is 8. The summed E-state index contributed by atoms with van der Waals surface area (Å²) in [5, 5.41) is 14.9. The van der Waals surface area contributed by atoms with Gasteiger partial charge in [-0.05, 0) is 25.1 Å². The second-order valence-corrected chi connectivity index (χ2v) is 8.80. The van der Waals surface area contributed by atoms with Crippen molar-refractivity contribution >= 4 is 34.0 Å². The Morgan fingerprint density at radius 1 is 1.11 bits per heavy atom. The number of fused-ring (bicyclic) bond motifs is 2. The molecule has 11 nitrogen and oxygen atoms in total. The smallest absolute Gasteiger partial charge is 0.284 e. The number of benzene rings is 1. The van der Waals surface area contributed by atoms with E-state index in [4.69, 9.17) is 22.0 Å². The van der Waals surface area contributed by atoms with Gasteiger partial charge in [-0.1, -0.05) is 29.8 Å². The van der Waals surface area contributed by atoms with Crippen molar-refractivity contribution in [3.63, 3.8) is 0 Å². The number of nitrogens with one attached hydrogen (secondary N) is 1. The minimum atomic E-state index is -0.267. The van der Waals surface area contributed by atoms with E-state index in [-0.39, 0.29) is 17.9 Å². The molecule has 1 N–H and O–H groups in total. The number of anilines is 1. The van der Waals surface area contributed by atoms with Crippen molar-refractivity contribution in [3.8, 4) is 22.9 Å². The van der Waals surface area contributed by atoms with E-state index >= 15 is 0 Å². The Balaban J connectivity index is 1.51. The summed E-state index contributed by atoms with van der Waals surface area (Å²) in [7, 11) is 0. The predicted molar refractivity (Wildman–Crippen MR) is 142 cm³/mol. The van der Waals surface area contributed by atoms with Gasteiger partial charge < -0.3 is 9.88 Å². The summed E-state index contributed by atoms with van der Waals surface area (Å²) in [6, 6.07) is 12.9. The molecule has 5 aromatic heterocycles. The van der Waals surface area contributed by atoms with Gasteiger partial charge in [0.05, 0.1) is 22.6 Å². The lowest BCUT2D eigenvalue weighted by atomic mass is 10.1. The summed E-state index contributed by atoms with van der Waals surface area (Å²) in [5.74, 6) is 1.25. The Morgan fingerprint density at radius 3 is 2.63 bits per heavy atom. The van der Waals surface area contributed by atoms with Gasteiger partial charge in [-0.2, -0.15) is 10.4 Å². The molecule has 1 aromatic carbocycles. The SMILES string of the molecule is CCN(Cc1nn2ccc(Cl)c2c(=O)n1-c1ccccc1)c1ncnc2[nH]cc(-c3cnc(C#N)nc3)c12. The molecular formula is C26H19ClN10O. The van der Waals surface area contributed by atoms with Crippen molar-refractivity contribution in [3.05, 3.63) is 94.5 Å². The quantitative estimate of drug-likeness (QED) is 0.349. The third-order valence-corrected chi connectivity index (χ3v) is 6.55. The lowest BCUT2D eigenvalue weighted by Crippen LogP contribution is -2.32. The van der Waals surface area contributed by atoms with Crippen LogP contribution in [0.2, 0.25) is 5.02 Å². The summed E-state index contributed by atoms with van der Waals surface area (Å²) in [6.07, 6.45) is 8.17. The number of halogens is 1. The van der Waals surface area contributed by atoms with Crippen LogP contribution in [0.3, 0.4) is 0 Å². The van der Waals surface area contributed by atoms with Crippen molar-refractivity contribution < 1.29 is 0 Å². The van der Waals surface area contributed by atoms with Crippen molar-refractivity contribution in [1.29, 1.82) is 5.26 Å². The maximum absolute atomic E-state index is 13.6. The Hall–Kier alpha value is -5.08. The molecule has 0 fully saturated rings. The molecule has 0 unspecified atom stereocenters. The van der Waals surface area contributed by atoms with Crippen LogP contribution in [0, 0.1) is 11.3 Å². The summed E-state index contributed by atoms with van der Waals surface area (Å²) in [6.45, 7) is 2.84. The number of hydrogen-bond donors (Lipinski definition) is 1. The predicted octanol–water partition coefficient (Wildman–Crippen LogP) is 3.77. The van der Waals surface area contributed by atoms with E-state index in [0.717, 1.165) is 10.9 Å². The highest BCUT2D eigenvalue weighted by Gasteiger charge is 2.22. The minimum Gasteiger partial charge on any atom is -0.349 e. The molecule has 0 amide bonds. The highest BCUT2D eigenvalue weighted by atomic mass is 35.5. The Bertz CT molecular complexity index is 1880. The van der Waals surface area contributed by atoms with Gasteiger partial charge in [-0.25, -0.2) is 24.5 Å². The highest BCUT2D eigenvalue weighted by molar-refractivity contribution is 6.33. The maximum Gasteiger partial charge on any atom is 0.284 e. The van der Waals surface area contributed by atoms with Crippen LogP contribution in [0.1, 0.15) is 18.6 Å². The molecule has 12 heteroatoms. The van der Waals surface area contributed by atoms with Crippen LogP contribution in [-0.4, -0.2) is 45.6 Å². The maximum atomic E-state index is 13.6. The molecule has 0 saturated heterocycles. The molecule has 0 radical (unpaired) electrons. The van der Waals surface area contributed by atoms with Crippen molar-refractivity contribution in [2.24, 2.45) is 0 Å². The average Bonchev–Trinajstić information content (AvgIpc) is 3.56. The molecule has 38 heavy (non-hydrogen) atoms. The zero-order valence-corrected chi connectivity index (χ0v) is 20.8. The van der Waals surface area contributed by atoms with Gasteiger partial charge in [0.15, 0.2) is 5.82 Å². The molecule has 0 bridgehead atoms. The van der Waals surface area contributed by atoms with Gasteiger partial charge in [-0.15, -0.1) is 0 Å². The van der Waals surface area contributed by atoms with E-state index in [0.29, 0.717) is 45.6 Å². The fourth-order valence-corrected chi connectivity index (χ4v) is 4.69. The molecule has 0 spiro atoms. The van der Waals surface area contributed by atoms with Crippen LogP contribution in [0.5, 0.6) is 0 Å². The van der Waals surface area contributed by atoms with Gasteiger partial charge in [0.1, 0.15) is 29.4 Å². The molecule has 0 atom stereocenters. The number of aromatic amines is 1. The Morgan fingerprint density at radius 2 is 1.89 bits per heavy atom. The van der Waals surface area contributed by atoms with Crippen LogP contribution in [0.15, 0.2) is 72.3 Å². The van der Waals surface area contributed by atoms with Crippen LogP contribution in [0.25, 0.3) is 33.4 Å². The van der Waals surface area contributed by atoms with Gasteiger partial charge in [0.25, 0.3) is 5.56 Å². The van der Waals surface area contributed by atoms with E-state index < -0.39 is 0 Å². The van der Waals surface area contributed by atoms with E-state index in [1.54, 1.807) is 29.2 Å². The largest absolute Gasteiger partial charge is 0.349 e. The molecule has 5 heterocycles. The zero-order chi connectivity index (χ0) is 26.2.